The first-order valence-electron chi connectivity index (χ1n) is 13.9. The maximum Gasteiger partial charge on any atom is 0.338 e. The summed E-state index contributed by atoms with van der Waals surface area (Å²) in [5.41, 5.74) is 1.76. The van der Waals surface area contributed by atoms with E-state index < -0.39 is 23.6 Å². The van der Waals surface area contributed by atoms with Crippen LogP contribution in [-0.4, -0.2) is 60.7 Å². The average molecular weight is 538 g/mol. The highest BCUT2D eigenvalue weighted by molar-refractivity contribution is 6.03. The zero-order valence-corrected chi connectivity index (χ0v) is 24.3. The fraction of sp³-hybridized carbons (Fsp3) is 0.516. The topological polar surface area (TPSA) is 88.2 Å². The third kappa shape index (κ3) is 6.79. The number of urea groups is 1. The smallest absolute Gasteiger partial charge is 0.338 e. The molecule has 1 heterocycles. The van der Waals surface area contributed by atoms with Crippen molar-refractivity contribution in [3.63, 3.8) is 0 Å². The van der Waals surface area contributed by atoms with Crippen molar-refractivity contribution in [1.82, 2.24) is 15.1 Å². The van der Waals surface area contributed by atoms with Crippen LogP contribution in [-0.2, 0) is 9.53 Å². The first-order valence-corrected chi connectivity index (χ1v) is 13.9. The van der Waals surface area contributed by atoms with Gasteiger partial charge in [0, 0.05) is 6.54 Å². The van der Waals surface area contributed by atoms with Crippen molar-refractivity contribution in [1.29, 1.82) is 0 Å². The number of esters is 1. The summed E-state index contributed by atoms with van der Waals surface area (Å²) >= 11 is 0. The number of aryl methyl sites for hydroxylation is 1. The van der Waals surface area contributed by atoms with E-state index in [1.54, 1.807) is 24.3 Å². The summed E-state index contributed by atoms with van der Waals surface area (Å²) < 4.78 is 11.8. The van der Waals surface area contributed by atoms with Crippen molar-refractivity contribution in [2.75, 3.05) is 20.6 Å². The number of imide groups is 1. The highest BCUT2D eigenvalue weighted by Crippen LogP contribution is 2.46. The van der Waals surface area contributed by atoms with Gasteiger partial charge in [-0.3, -0.25) is 4.79 Å². The number of likely N-dealkylation sites (tertiary alicyclic amines) is 1. The number of rotatable bonds is 12. The van der Waals surface area contributed by atoms with E-state index in [0.29, 0.717) is 30.7 Å². The minimum absolute atomic E-state index is 0.213. The molecule has 0 saturated carbocycles. The molecule has 8 nitrogen and oxygen atoms in total. The molecular weight excluding hydrogens is 494 g/mol. The predicted molar refractivity (Wildman–Crippen MR) is 152 cm³/mol. The molecule has 0 aliphatic carbocycles. The summed E-state index contributed by atoms with van der Waals surface area (Å²) in [7, 11) is 3.84. The normalized spacial score (nSPS) is 17.8. The van der Waals surface area contributed by atoms with E-state index in [0.717, 1.165) is 24.0 Å². The second kappa shape index (κ2) is 13.1. The van der Waals surface area contributed by atoms with E-state index in [1.807, 2.05) is 71.0 Å². The Morgan fingerprint density at radius 3 is 2.18 bits per heavy atom. The molecule has 0 bridgehead atoms. The molecule has 3 rings (SSSR count). The van der Waals surface area contributed by atoms with Gasteiger partial charge in [0.15, 0.2) is 6.23 Å². The SMILES string of the molecule is CCCC(NC(=O)N1C(=O)C(CC)(CC)[C@@H]1Oc1ccc(C(=O)O[C@@H](C)CN(C)C)cc1)c1ccc(C)cc1. The third-order valence-electron chi connectivity index (χ3n) is 7.46. The van der Waals surface area contributed by atoms with E-state index in [-0.39, 0.29) is 18.1 Å². The Labute approximate surface area is 232 Å². The van der Waals surface area contributed by atoms with Crippen LogP contribution >= 0.6 is 0 Å². The lowest BCUT2D eigenvalue weighted by atomic mass is 9.72. The fourth-order valence-electron chi connectivity index (χ4n) is 5.13. The highest BCUT2D eigenvalue weighted by Gasteiger charge is 2.63. The van der Waals surface area contributed by atoms with E-state index >= 15 is 0 Å². The zero-order chi connectivity index (χ0) is 28.7. The van der Waals surface area contributed by atoms with Gasteiger partial charge in [-0.15, -0.1) is 0 Å². The Hall–Kier alpha value is -3.39. The van der Waals surface area contributed by atoms with Crippen LogP contribution in [0.2, 0.25) is 0 Å². The van der Waals surface area contributed by atoms with Gasteiger partial charge in [0.1, 0.15) is 17.3 Å². The summed E-state index contributed by atoms with van der Waals surface area (Å²) in [5.74, 6) is -0.174. The van der Waals surface area contributed by atoms with Crippen molar-refractivity contribution in [2.45, 2.75) is 78.7 Å². The number of hydrogen-bond donors (Lipinski definition) is 1. The Morgan fingerprint density at radius 2 is 1.64 bits per heavy atom. The number of amides is 3. The van der Waals surface area contributed by atoms with Crippen LogP contribution in [0.15, 0.2) is 48.5 Å². The number of β-lactam (4-membered cyclic amide) rings is 1. The van der Waals surface area contributed by atoms with E-state index in [2.05, 4.69) is 12.2 Å². The van der Waals surface area contributed by atoms with Crippen molar-refractivity contribution in [2.24, 2.45) is 5.41 Å². The molecule has 1 aliphatic rings. The van der Waals surface area contributed by atoms with Gasteiger partial charge >= 0.3 is 12.0 Å². The summed E-state index contributed by atoms with van der Waals surface area (Å²) in [6, 6.07) is 14.0. The van der Waals surface area contributed by atoms with Gasteiger partial charge in [0.25, 0.3) is 0 Å². The zero-order valence-electron chi connectivity index (χ0n) is 24.3. The van der Waals surface area contributed by atoms with Gasteiger partial charge in [-0.05, 0) is 77.0 Å². The van der Waals surface area contributed by atoms with Crippen molar-refractivity contribution in [3.05, 3.63) is 65.2 Å². The molecule has 0 aromatic heterocycles. The van der Waals surface area contributed by atoms with Crippen molar-refractivity contribution < 1.29 is 23.9 Å². The van der Waals surface area contributed by atoms with Crippen LogP contribution in [0, 0.1) is 12.3 Å². The summed E-state index contributed by atoms with van der Waals surface area (Å²) in [5, 5.41) is 3.06. The number of carbonyl (C=O) groups excluding carboxylic acids is 3. The number of carbonyl (C=O) groups is 3. The lowest BCUT2D eigenvalue weighted by molar-refractivity contribution is -0.191. The van der Waals surface area contributed by atoms with Crippen LogP contribution < -0.4 is 10.1 Å². The van der Waals surface area contributed by atoms with E-state index in [4.69, 9.17) is 9.47 Å². The van der Waals surface area contributed by atoms with Gasteiger partial charge in [0.05, 0.1) is 11.6 Å². The third-order valence-corrected chi connectivity index (χ3v) is 7.46. The molecule has 2 aromatic rings. The molecule has 39 heavy (non-hydrogen) atoms. The number of benzene rings is 2. The monoisotopic (exact) mass is 537 g/mol. The molecule has 1 fully saturated rings. The van der Waals surface area contributed by atoms with Crippen LogP contribution in [0.25, 0.3) is 0 Å². The lowest BCUT2D eigenvalue weighted by Gasteiger charge is -2.53. The number of nitrogens with zero attached hydrogens (tertiary/aromatic N) is 2. The van der Waals surface area contributed by atoms with Gasteiger partial charge in [0.2, 0.25) is 5.91 Å². The van der Waals surface area contributed by atoms with Gasteiger partial charge in [-0.1, -0.05) is 57.0 Å². The summed E-state index contributed by atoms with van der Waals surface area (Å²) in [4.78, 5) is 42.5. The summed E-state index contributed by atoms with van der Waals surface area (Å²) in [6.45, 7) is 10.4. The Kier molecular flexibility index (Phi) is 10.1. The van der Waals surface area contributed by atoms with Gasteiger partial charge in [-0.25, -0.2) is 14.5 Å². The highest BCUT2D eigenvalue weighted by atomic mass is 16.5. The molecule has 0 spiro atoms. The minimum Gasteiger partial charge on any atom is -0.469 e. The molecule has 1 N–H and O–H groups in total. The summed E-state index contributed by atoms with van der Waals surface area (Å²) in [6.07, 6.45) is 1.71. The van der Waals surface area contributed by atoms with Crippen LogP contribution in [0.1, 0.15) is 80.9 Å². The molecule has 8 heteroatoms. The molecule has 3 atom stereocenters. The molecule has 1 aliphatic heterocycles. The van der Waals surface area contributed by atoms with Gasteiger partial charge < -0.3 is 19.7 Å². The van der Waals surface area contributed by atoms with Crippen molar-refractivity contribution >= 4 is 17.9 Å². The average Bonchev–Trinajstić information content (AvgIpc) is 2.89. The number of hydrogen-bond acceptors (Lipinski definition) is 6. The quantitative estimate of drug-likeness (QED) is 0.276. The van der Waals surface area contributed by atoms with Crippen LogP contribution in [0.3, 0.4) is 0 Å². The van der Waals surface area contributed by atoms with Crippen LogP contribution in [0.5, 0.6) is 5.75 Å². The molecule has 3 amide bonds. The Morgan fingerprint density at radius 1 is 1.03 bits per heavy atom. The largest absolute Gasteiger partial charge is 0.469 e. The number of nitrogens with one attached hydrogen (secondary N) is 1. The number of ether oxygens (including phenoxy) is 2. The predicted octanol–water partition coefficient (Wildman–Crippen LogP) is 5.71. The molecule has 1 unspecified atom stereocenters. The lowest BCUT2D eigenvalue weighted by Crippen LogP contribution is -2.73. The molecule has 212 valence electrons. The standard InChI is InChI=1S/C31H43N3O5/c1-8-11-26(23-14-12-21(4)13-15-23)32-30(37)34-28(36)31(9-2,10-3)29(34)39-25-18-16-24(17-19-25)27(35)38-22(5)20-33(6)7/h12-19,22,26,29H,8-11,20H2,1-7H3,(H,32,37)/t22-,26?,29-/m0/s1. The number of likely N-dealkylation sites (N-methyl/N-ethyl adjacent to an activating group) is 1. The first-order chi connectivity index (χ1) is 18.6. The fourth-order valence-corrected chi connectivity index (χ4v) is 5.13. The Balaban J connectivity index is 1.76. The molecular formula is C31H43N3O5. The maximum absolute atomic E-state index is 13.5. The second-order valence-electron chi connectivity index (χ2n) is 10.7. The molecule has 0 radical (unpaired) electrons. The van der Waals surface area contributed by atoms with Gasteiger partial charge in [-0.2, -0.15) is 0 Å². The van der Waals surface area contributed by atoms with E-state index in [9.17, 15) is 14.4 Å². The molecule has 1 saturated heterocycles. The minimum atomic E-state index is -0.791. The van der Waals surface area contributed by atoms with Crippen LogP contribution in [0.4, 0.5) is 4.79 Å². The van der Waals surface area contributed by atoms with Crippen molar-refractivity contribution in [3.8, 4) is 5.75 Å². The Bertz CT molecular complexity index is 1130. The second-order valence-corrected chi connectivity index (χ2v) is 10.7. The first kappa shape index (κ1) is 30.2. The maximum atomic E-state index is 13.5. The molecule has 2 aromatic carbocycles. The van der Waals surface area contributed by atoms with E-state index in [1.165, 1.54) is 4.90 Å².